The fourth-order valence-electron chi connectivity index (χ4n) is 3.77. The summed E-state index contributed by atoms with van der Waals surface area (Å²) in [6.07, 6.45) is 2.21. The molecule has 2 aliphatic heterocycles. The SMILES string of the molecule is COCC(C)NC(=O)C1(CC2CC(c3cccc(F)c3)=NO2)CCOCC1. The van der Waals surface area contributed by atoms with Crippen molar-refractivity contribution < 1.29 is 23.5 Å². The Morgan fingerprint density at radius 2 is 2.22 bits per heavy atom. The van der Waals surface area contributed by atoms with Crippen molar-refractivity contribution in [2.45, 2.75) is 44.8 Å². The molecule has 1 saturated heterocycles. The molecule has 2 heterocycles. The molecule has 148 valence electrons. The number of nitrogens with zero attached hydrogens (tertiary/aromatic N) is 1. The van der Waals surface area contributed by atoms with Gasteiger partial charge in [0.15, 0.2) is 0 Å². The van der Waals surface area contributed by atoms with Gasteiger partial charge in [-0.15, -0.1) is 0 Å². The van der Waals surface area contributed by atoms with Crippen LogP contribution in [0, 0.1) is 11.2 Å². The van der Waals surface area contributed by atoms with Gasteiger partial charge in [-0.05, 0) is 31.9 Å². The van der Waals surface area contributed by atoms with Gasteiger partial charge in [-0.25, -0.2) is 4.39 Å². The van der Waals surface area contributed by atoms with Gasteiger partial charge in [-0.2, -0.15) is 0 Å². The minimum Gasteiger partial charge on any atom is -0.392 e. The predicted molar refractivity (Wildman–Crippen MR) is 99.0 cm³/mol. The molecule has 6 nitrogen and oxygen atoms in total. The standard InChI is InChI=1S/C20H27FN2O4/c1-14(13-25-2)22-19(24)20(6-8-26-9-7-20)12-17-11-18(23-27-17)15-4-3-5-16(21)10-15/h3-5,10,14,17H,6-9,11-13H2,1-2H3,(H,22,24). The van der Waals surface area contributed by atoms with Crippen LogP contribution in [0.4, 0.5) is 4.39 Å². The van der Waals surface area contributed by atoms with Crippen LogP contribution < -0.4 is 5.32 Å². The first-order chi connectivity index (χ1) is 13.0. The minimum absolute atomic E-state index is 0.0122. The van der Waals surface area contributed by atoms with Crippen LogP contribution in [0.2, 0.25) is 0 Å². The van der Waals surface area contributed by atoms with E-state index in [1.165, 1.54) is 12.1 Å². The number of amides is 1. The van der Waals surface area contributed by atoms with Gasteiger partial charge in [-0.3, -0.25) is 4.79 Å². The number of oxime groups is 1. The van der Waals surface area contributed by atoms with Gasteiger partial charge in [0.2, 0.25) is 5.91 Å². The van der Waals surface area contributed by atoms with Crippen LogP contribution in [-0.4, -0.2) is 50.7 Å². The number of benzene rings is 1. The molecule has 0 spiro atoms. The summed E-state index contributed by atoms with van der Waals surface area (Å²) >= 11 is 0. The first kappa shape index (κ1) is 19.8. The molecular formula is C20H27FN2O4. The molecule has 1 aromatic rings. The van der Waals surface area contributed by atoms with Crippen molar-refractivity contribution in [1.82, 2.24) is 5.32 Å². The Balaban J connectivity index is 1.66. The van der Waals surface area contributed by atoms with E-state index in [0.717, 1.165) is 11.3 Å². The quantitative estimate of drug-likeness (QED) is 0.792. The molecule has 0 aliphatic carbocycles. The largest absolute Gasteiger partial charge is 0.392 e. The number of hydrogen-bond acceptors (Lipinski definition) is 5. The summed E-state index contributed by atoms with van der Waals surface area (Å²) in [5.41, 5.74) is 0.893. The van der Waals surface area contributed by atoms with E-state index in [-0.39, 0.29) is 23.9 Å². The fourth-order valence-corrected chi connectivity index (χ4v) is 3.77. The zero-order valence-electron chi connectivity index (χ0n) is 15.9. The number of hydrogen-bond donors (Lipinski definition) is 1. The lowest BCUT2D eigenvalue weighted by Gasteiger charge is -2.37. The van der Waals surface area contributed by atoms with Crippen molar-refractivity contribution in [3.05, 3.63) is 35.6 Å². The monoisotopic (exact) mass is 378 g/mol. The van der Waals surface area contributed by atoms with Crippen molar-refractivity contribution in [2.24, 2.45) is 10.6 Å². The molecule has 0 aromatic heterocycles. The summed E-state index contributed by atoms with van der Waals surface area (Å²) in [6, 6.07) is 6.27. The Morgan fingerprint density at radius 1 is 1.44 bits per heavy atom. The summed E-state index contributed by atoms with van der Waals surface area (Å²) in [4.78, 5) is 18.6. The molecule has 1 aromatic carbocycles. The fraction of sp³-hybridized carbons (Fsp3) is 0.600. The van der Waals surface area contributed by atoms with E-state index in [4.69, 9.17) is 14.3 Å². The first-order valence-corrected chi connectivity index (χ1v) is 9.39. The Hall–Kier alpha value is -1.99. The van der Waals surface area contributed by atoms with E-state index < -0.39 is 5.41 Å². The second-order valence-corrected chi connectivity index (χ2v) is 7.41. The topological polar surface area (TPSA) is 69.2 Å². The third-order valence-electron chi connectivity index (χ3n) is 5.23. The highest BCUT2D eigenvalue weighted by Gasteiger charge is 2.44. The summed E-state index contributed by atoms with van der Waals surface area (Å²) in [5.74, 6) is -0.288. The Bertz CT molecular complexity index is 688. The lowest BCUT2D eigenvalue weighted by molar-refractivity contribution is -0.141. The van der Waals surface area contributed by atoms with Crippen LogP contribution in [0.3, 0.4) is 0 Å². The van der Waals surface area contributed by atoms with Gasteiger partial charge < -0.3 is 19.6 Å². The molecule has 2 atom stereocenters. The molecule has 2 aliphatic rings. The molecule has 1 fully saturated rings. The molecule has 1 amide bonds. The van der Waals surface area contributed by atoms with Crippen LogP contribution in [0.25, 0.3) is 0 Å². The van der Waals surface area contributed by atoms with E-state index in [1.807, 2.05) is 13.0 Å². The van der Waals surface area contributed by atoms with Gasteiger partial charge in [0.1, 0.15) is 11.9 Å². The lowest BCUT2D eigenvalue weighted by atomic mass is 9.74. The zero-order chi connectivity index (χ0) is 19.3. The number of halogens is 1. The third kappa shape index (κ3) is 4.84. The highest BCUT2D eigenvalue weighted by Crippen LogP contribution is 2.38. The molecule has 0 saturated carbocycles. The molecule has 7 heteroatoms. The Kier molecular flexibility index (Phi) is 6.44. The summed E-state index contributed by atoms with van der Waals surface area (Å²) < 4.78 is 24.1. The number of carbonyl (C=O) groups excluding carboxylic acids is 1. The van der Waals surface area contributed by atoms with Gasteiger partial charge in [-0.1, -0.05) is 17.3 Å². The van der Waals surface area contributed by atoms with E-state index in [1.54, 1.807) is 13.2 Å². The van der Waals surface area contributed by atoms with E-state index in [9.17, 15) is 9.18 Å². The van der Waals surface area contributed by atoms with Gasteiger partial charge in [0, 0.05) is 44.8 Å². The van der Waals surface area contributed by atoms with Crippen LogP contribution in [0.15, 0.2) is 29.4 Å². The summed E-state index contributed by atoms with van der Waals surface area (Å²) in [7, 11) is 1.62. The van der Waals surface area contributed by atoms with E-state index in [2.05, 4.69) is 10.5 Å². The smallest absolute Gasteiger partial charge is 0.226 e. The van der Waals surface area contributed by atoms with Gasteiger partial charge >= 0.3 is 0 Å². The maximum absolute atomic E-state index is 13.5. The molecule has 1 N–H and O–H groups in total. The van der Waals surface area contributed by atoms with Crippen LogP contribution in [0.5, 0.6) is 0 Å². The number of methoxy groups -OCH3 is 1. The maximum atomic E-state index is 13.5. The second kappa shape index (κ2) is 8.80. The zero-order valence-corrected chi connectivity index (χ0v) is 15.9. The number of nitrogens with one attached hydrogen (secondary N) is 1. The number of carbonyl (C=O) groups is 1. The van der Waals surface area contributed by atoms with Crippen molar-refractivity contribution in [3.8, 4) is 0 Å². The van der Waals surface area contributed by atoms with Gasteiger partial charge in [0.25, 0.3) is 0 Å². The molecular weight excluding hydrogens is 351 g/mol. The van der Waals surface area contributed by atoms with Crippen molar-refractivity contribution in [1.29, 1.82) is 0 Å². The highest BCUT2D eigenvalue weighted by atomic mass is 19.1. The molecule has 0 radical (unpaired) electrons. The average molecular weight is 378 g/mol. The van der Waals surface area contributed by atoms with Crippen molar-refractivity contribution in [3.63, 3.8) is 0 Å². The van der Waals surface area contributed by atoms with E-state index >= 15 is 0 Å². The summed E-state index contributed by atoms with van der Waals surface area (Å²) in [5, 5.41) is 7.20. The second-order valence-electron chi connectivity index (χ2n) is 7.41. The maximum Gasteiger partial charge on any atom is 0.226 e. The first-order valence-electron chi connectivity index (χ1n) is 9.39. The number of rotatable bonds is 7. The lowest BCUT2D eigenvalue weighted by Crippen LogP contribution is -2.49. The van der Waals surface area contributed by atoms with Crippen molar-refractivity contribution >= 4 is 11.6 Å². The predicted octanol–water partition coefficient (Wildman–Crippen LogP) is 2.66. The van der Waals surface area contributed by atoms with Gasteiger partial charge in [0.05, 0.1) is 17.7 Å². The summed E-state index contributed by atoms with van der Waals surface area (Å²) in [6.45, 7) is 3.49. The van der Waals surface area contributed by atoms with E-state index in [0.29, 0.717) is 45.5 Å². The Labute approximate surface area is 159 Å². The normalized spacial score (nSPS) is 22.6. The van der Waals surface area contributed by atoms with Crippen molar-refractivity contribution in [2.75, 3.05) is 26.9 Å². The van der Waals surface area contributed by atoms with Crippen LogP contribution >= 0.6 is 0 Å². The highest BCUT2D eigenvalue weighted by molar-refractivity contribution is 6.01. The molecule has 27 heavy (non-hydrogen) atoms. The molecule has 2 unspecified atom stereocenters. The Morgan fingerprint density at radius 3 is 2.93 bits per heavy atom. The third-order valence-corrected chi connectivity index (χ3v) is 5.23. The van der Waals surface area contributed by atoms with Crippen LogP contribution in [-0.2, 0) is 19.1 Å². The molecule has 3 rings (SSSR count). The minimum atomic E-state index is -0.544. The average Bonchev–Trinajstić information content (AvgIpc) is 3.11. The molecule has 0 bridgehead atoms. The number of ether oxygens (including phenoxy) is 2. The van der Waals surface area contributed by atoms with Crippen LogP contribution in [0.1, 0.15) is 38.2 Å².